The summed E-state index contributed by atoms with van der Waals surface area (Å²) in [5, 5.41) is 3.75. The lowest BCUT2D eigenvalue weighted by Gasteiger charge is -2.12. The van der Waals surface area contributed by atoms with Crippen molar-refractivity contribution >= 4 is 27.5 Å². The van der Waals surface area contributed by atoms with Crippen LogP contribution in [0.25, 0.3) is 0 Å². The average molecular weight is 332 g/mol. The van der Waals surface area contributed by atoms with Gasteiger partial charge >= 0.3 is 0 Å². The molecule has 1 amide bonds. The standard InChI is InChI=1S/C17H18BrNO/c1-11-7-12(2)16(13(3)8-11)17(20)19-15-6-4-5-14(9-15)10-18/h4-9H,10H2,1-3H3,(H,19,20). The van der Waals surface area contributed by atoms with Gasteiger partial charge < -0.3 is 5.32 Å². The molecule has 104 valence electrons. The molecule has 0 fully saturated rings. The molecule has 0 aromatic heterocycles. The second-order valence-corrected chi connectivity index (χ2v) is 5.62. The molecule has 0 heterocycles. The van der Waals surface area contributed by atoms with Crippen LogP contribution in [0.2, 0.25) is 0 Å². The van der Waals surface area contributed by atoms with E-state index in [0.29, 0.717) is 0 Å². The number of benzene rings is 2. The molecule has 2 aromatic carbocycles. The fourth-order valence-electron chi connectivity index (χ4n) is 2.46. The molecule has 0 saturated heterocycles. The van der Waals surface area contributed by atoms with Gasteiger partial charge in [0.2, 0.25) is 0 Å². The number of carbonyl (C=O) groups excluding carboxylic acids is 1. The summed E-state index contributed by atoms with van der Waals surface area (Å²) in [5.74, 6) is -0.0493. The predicted molar refractivity (Wildman–Crippen MR) is 87.7 cm³/mol. The Hall–Kier alpha value is -1.61. The third-order valence-electron chi connectivity index (χ3n) is 3.24. The van der Waals surface area contributed by atoms with Crippen LogP contribution >= 0.6 is 15.9 Å². The number of rotatable bonds is 3. The Bertz CT molecular complexity index is 626. The summed E-state index contributed by atoms with van der Waals surface area (Å²) in [6.07, 6.45) is 0. The van der Waals surface area contributed by atoms with Gasteiger partial charge in [0.25, 0.3) is 5.91 Å². The van der Waals surface area contributed by atoms with E-state index in [9.17, 15) is 4.79 Å². The maximum absolute atomic E-state index is 12.4. The summed E-state index contributed by atoms with van der Waals surface area (Å²) >= 11 is 3.42. The Kier molecular flexibility index (Phi) is 4.61. The number of nitrogens with one attached hydrogen (secondary N) is 1. The van der Waals surface area contributed by atoms with E-state index in [0.717, 1.165) is 33.3 Å². The summed E-state index contributed by atoms with van der Waals surface area (Å²) in [6.45, 7) is 5.99. The highest BCUT2D eigenvalue weighted by molar-refractivity contribution is 9.08. The van der Waals surface area contributed by atoms with Gasteiger partial charge in [-0.25, -0.2) is 0 Å². The third kappa shape index (κ3) is 3.28. The number of alkyl halides is 1. The van der Waals surface area contributed by atoms with Gasteiger partial charge in [-0.05, 0) is 49.6 Å². The summed E-state index contributed by atoms with van der Waals surface area (Å²) < 4.78 is 0. The molecular weight excluding hydrogens is 314 g/mol. The third-order valence-corrected chi connectivity index (χ3v) is 3.89. The van der Waals surface area contributed by atoms with Gasteiger partial charge in [0, 0.05) is 16.6 Å². The van der Waals surface area contributed by atoms with Crippen molar-refractivity contribution in [3.63, 3.8) is 0 Å². The Morgan fingerprint density at radius 2 is 1.75 bits per heavy atom. The van der Waals surface area contributed by atoms with Gasteiger partial charge in [0.1, 0.15) is 0 Å². The van der Waals surface area contributed by atoms with Crippen LogP contribution in [0, 0.1) is 20.8 Å². The molecule has 0 atom stereocenters. The molecule has 0 aliphatic carbocycles. The summed E-state index contributed by atoms with van der Waals surface area (Å²) in [5.41, 5.74) is 5.93. The quantitative estimate of drug-likeness (QED) is 0.807. The summed E-state index contributed by atoms with van der Waals surface area (Å²) in [6, 6.07) is 11.9. The number of hydrogen-bond donors (Lipinski definition) is 1. The van der Waals surface area contributed by atoms with Crippen molar-refractivity contribution in [1.29, 1.82) is 0 Å². The van der Waals surface area contributed by atoms with Gasteiger partial charge in [-0.3, -0.25) is 4.79 Å². The van der Waals surface area contributed by atoms with Crippen molar-refractivity contribution in [3.05, 3.63) is 64.2 Å². The van der Waals surface area contributed by atoms with Crippen LogP contribution in [0.5, 0.6) is 0 Å². The van der Waals surface area contributed by atoms with Gasteiger partial charge in [-0.2, -0.15) is 0 Å². The first kappa shape index (κ1) is 14.8. The molecule has 0 unspecified atom stereocenters. The number of halogens is 1. The minimum absolute atomic E-state index is 0.0493. The normalized spacial score (nSPS) is 10.4. The lowest BCUT2D eigenvalue weighted by molar-refractivity contribution is 0.102. The molecule has 1 N–H and O–H groups in total. The van der Waals surface area contributed by atoms with E-state index in [-0.39, 0.29) is 5.91 Å². The van der Waals surface area contributed by atoms with Gasteiger partial charge in [0.05, 0.1) is 0 Å². The van der Waals surface area contributed by atoms with E-state index in [1.54, 1.807) is 0 Å². The monoisotopic (exact) mass is 331 g/mol. The number of anilines is 1. The Labute approximate surface area is 128 Å². The van der Waals surface area contributed by atoms with Crippen molar-refractivity contribution in [2.24, 2.45) is 0 Å². The first-order chi connectivity index (χ1) is 9.51. The van der Waals surface area contributed by atoms with E-state index >= 15 is 0 Å². The highest BCUT2D eigenvalue weighted by atomic mass is 79.9. The van der Waals surface area contributed by atoms with E-state index < -0.39 is 0 Å². The van der Waals surface area contributed by atoms with Crippen LogP contribution in [-0.2, 0) is 5.33 Å². The molecule has 0 aliphatic rings. The second kappa shape index (κ2) is 6.23. The van der Waals surface area contributed by atoms with Crippen LogP contribution in [0.15, 0.2) is 36.4 Å². The molecule has 2 rings (SSSR count). The zero-order valence-electron chi connectivity index (χ0n) is 12.0. The van der Waals surface area contributed by atoms with Crippen LogP contribution < -0.4 is 5.32 Å². The highest BCUT2D eigenvalue weighted by Gasteiger charge is 2.13. The Morgan fingerprint density at radius 3 is 2.35 bits per heavy atom. The average Bonchev–Trinajstić information content (AvgIpc) is 2.37. The van der Waals surface area contributed by atoms with Crippen molar-refractivity contribution in [1.82, 2.24) is 0 Å². The molecule has 0 bridgehead atoms. The second-order valence-electron chi connectivity index (χ2n) is 5.06. The van der Waals surface area contributed by atoms with E-state index in [1.807, 2.05) is 57.2 Å². The first-order valence-electron chi connectivity index (χ1n) is 6.55. The number of hydrogen-bond acceptors (Lipinski definition) is 1. The summed E-state index contributed by atoms with van der Waals surface area (Å²) in [4.78, 5) is 12.4. The van der Waals surface area contributed by atoms with Crippen LogP contribution in [0.3, 0.4) is 0 Å². The van der Waals surface area contributed by atoms with Crippen molar-refractivity contribution in [3.8, 4) is 0 Å². The zero-order valence-corrected chi connectivity index (χ0v) is 13.5. The molecule has 20 heavy (non-hydrogen) atoms. The minimum atomic E-state index is -0.0493. The molecule has 0 radical (unpaired) electrons. The molecule has 2 aromatic rings. The number of carbonyl (C=O) groups is 1. The molecule has 0 saturated carbocycles. The lowest BCUT2D eigenvalue weighted by Crippen LogP contribution is -2.15. The van der Waals surface area contributed by atoms with Gasteiger partial charge in [-0.1, -0.05) is 45.8 Å². The number of amides is 1. The predicted octanol–water partition coefficient (Wildman–Crippen LogP) is 4.76. The maximum atomic E-state index is 12.4. The van der Waals surface area contributed by atoms with Crippen LogP contribution in [0.1, 0.15) is 32.6 Å². The van der Waals surface area contributed by atoms with E-state index in [4.69, 9.17) is 0 Å². The summed E-state index contributed by atoms with van der Waals surface area (Å²) in [7, 11) is 0. The van der Waals surface area contributed by atoms with Crippen LogP contribution in [0.4, 0.5) is 5.69 Å². The Morgan fingerprint density at radius 1 is 1.10 bits per heavy atom. The van der Waals surface area contributed by atoms with Crippen molar-refractivity contribution in [2.45, 2.75) is 26.1 Å². The molecule has 0 aliphatic heterocycles. The minimum Gasteiger partial charge on any atom is -0.322 e. The fraction of sp³-hybridized carbons (Fsp3) is 0.235. The molecular formula is C17H18BrNO. The SMILES string of the molecule is Cc1cc(C)c(C(=O)Nc2cccc(CBr)c2)c(C)c1. The van der Waals surface area contributed by atoms with Crippen molar-refractivity contribution < 1.29 is 4.79 Å². The first-order valence-corrected chi connectivity index (χ1v) is 7.67. The molecule has 0 spiro atoms. The van der Waals surface area contributed by atoms with Gasteiger partial charge in [-0.15, -0.1) is 0 Å². The number of aryl methyl sites for hydroxylation is 3. The smallest absolute Gasteiger partial charge is 0.256 e. The lowest BCUT2D eigenvalue weighted by atomic mass is 9.99. The Balaban J connectivity index is 2.28. The maximum Gasteiger partial charge on any atom is 0.256 e. The van der Waals surface area contributed by atoms with E-state index in [1.165, 1.54) is 5.56 Å². The zero-order chi connectivity index (χ0) is 14.7. The van der Waals surface area contributed by atoms with Gasteiger partial charge in [0.15, 0.2) is 0 Å². The fourth-order valence-corrected chi connectivity index (χ4v) is 2.81. The van der Waals surface area contributed by atoms with Crippen LogP contribution in [-0.4, -0.2) is 5.91 Å². The molecule has 2 nitrogen and oxygen atoms in total. The van der Waals surface area contributed by atoms with Crippen molar-refractivity contribution in [2.75, 3.05) is 5.32 Å². The topological polar surface area (TPSA) is 29.1 Å². The highest BCUT2D eigenvalue weighted by Crippen LogP contribution is 2.19. The molecule has 3 heteroatoms. The largest absolute Gasteiger partial charge is 0.322 e. The van der Waals surface area contributed by atoms with E-state index in [2.05, 4.69) is 21.2 Å².